The predicted molar refractivity (Wildman–Crippen MR) is 73.6 cm³/mol. The van der Waals surface area contributed by atoms with E-state index in [1.165, 1.54) is 25.0 Å². The number of hydrogen-bond donors (Lipinski definition) is 2. The Kier molecular flexibility index (Phi) is 5.05. The highest BCUT2D eigenvalue weighted by Gasteiger charge is 2.20. The molecule has 1 aromatic carbocycles. The Balaban J connectivity index is 1.66. The summed E-state index contributed by atoms with van der Waals surface area (Å²) in [5.74, 6) is 0.382. The van der Waals surface area contributed by atoms with Gasteiger partial charge in [-0.1, -0.05) is 11.6 Å². The summed E-state index contributed by atoms with van der Waals surface area (Å²) in [4.78, 5) is 11.8. The number of nitrogens with one attached hydrogen (secondary N) is 1. The summed E-state index contributed by atoms with van der Waals surface area (Å²) in [6, 6.07) is 4.41. The molecule has 1 aromatic rings. The number of aromatic hydroxyl groups is 1. The van der Waals surface area contributed by atoms with Crippen LogP contribution in [0.3, 0.4) is 0 Å². The highest BCUT2D eigenvalue weighted by atomic mass is 35.5. The van der Waals surface area contributed by atoms with Crippen molar-refractivity contribution in [2.75, 3.05) is 19.8 Å². The average molecular weight is 284 g/mol. The minimum atomic E-state index is -0.317. The lowest BCUT2D eigenvalue weighted by atomic mass is 10.2. The van der Waals surface area contributed by atoms with E-state index in [0.29, 0.717) is 18.2 Å². The smallest absolute Gasteiger partial charge is 0.255 e. The molecule has 0 atom stereocenters. The number of hydrogen-bond acceptors (Lipinski definition) is 3. The average Bonchev–Trinajstić information content (AvgIpc) is 3.20. The van der Waals surface area contributed by atoms with Gasteiger partial charge >= 0.3 is 0 Å². The topological polar surface area (TPSA) is 58.6 Å². The number of amides is 1. The minimum Gasteiger partial charge on any atom is -0.507 e. The Morgan fingerprint density at radius 2 is 2.26 bits per heavy atom. The zero-order valence-electron chi connectivity index (χ0n) is 10.7. The molecule has 0 heterocycles. The zero-order chi connectivity index (χ0) is 13.7. The van der Waals surface area contributed by atoms with Crippen LogP contribution in [0.1, 0.15) is 29.6 Å². The van der Waals surface area contributed by atoms with Crippen LogP contribution >= 0.6 is 11.6 Å². The van der Waals surface area contributed by atoms with Gasteiger partial charge in [0.15, 0.2) is 0 Å². The molecule has 0 aliphatic heterocycles. The Bertz CT molecular complexity index is 446. The zero-order valence-corrected chi connectivity index (χ0v) is 11.4. The van der Waals surface area contributed by atoms with E-state index in [-0.39, 0.29) is 17.2 Å². The Morgan fingerprint density at radius 3 is 3.00 bits per heavy atom. The molecule has 104 valence electrons. The SMILES string of the molecule is O=C(NCCCOCC1CC1)c1cc(Cl)ccc1O. The van der Waals surface area contributed by atoms with E-state index in [0.717, 1.165) is 18.9 Å². The van der Waals surface area contributed by atoms with Crippen LogP contribution in [-0.4, -0.2) is 30.8 Å². The van der Waals surface area contributed by atoms with E-state index < -0.39 is 0 Å². The van der Waals surface area contributed by atoms with E-state index in [1.54, 1.807) is 6.07 Å². The van der Waals surface area contributed by atoms with Crippen molar-refractivity contribution in [2.45, 2.75) is 19.3 Å². The first-order chi connectivity index (χ1) is 9.16. The summed E-state index contributed by atoms with van der Waals surface area (Å²) < 4.78 is 5.47. The maximum atomic E-state index is 11.8. The van der Waals surface area contributed by atoms with Crippen molar-refractivity contribution in [3.63, 3.8) is 0 Å². The van der Waals surface area contributed by atoms with Crippen molar-refractivity contribution in [2.24, 2.45) is 5.92 Å². The maximum Gasteiger partial charge on any atom is 0.255 e. The Morgan fingerprint density at radius 1 is 1.47 bits per heavy atom. The first kappa shape index (κ1) is 14.2. The van der Waals surface area contributed by atoms with E-state index in [4.69, 9.17) is 16.3 Å². The van der Waals surface area contributed by atoms with Crippen LogP contribution in [0, 0.1) is 5.92 Å². The fraction of sp³-hybridized carbons (Fsp3) is 0.500. The molecule has 1 amide bonds. The van der Waals surface area contributed by atoms with Gasteiger partial charge in [-0.05, 0) is 43.4 Å². The summed E-state index contributed by atoms with van der Waals surface area (Å²) in [5.41, 5.74) is 0.200. The molecule has 4 nitrogen and oxygen atoms in total. The fourth-order valence-corrected chi connectivity index (χ4v) is 1.87. The molecule has 1 aliphatic carbocycles. The Labute approximate surface area is 117 Å². The number of carbonyl (C=O) groups excluding carboxylic acids is 1. The molecule has 5 heteroatoms. The third-order valence-corrected chi connectivity index (χ3v) is 3.24. The van der Waals surface area contributed by atoms with E-state index in [2.05, 4.69) is 5.32 Å². The number of phenols is 1. The predicted octanol–water partition coefficient (Wildman–Crippen LogP) is 2.59. The minimum absolute atomic E-state index is 0.0631. The van der Waals surface area contributed by atoms with Crippen molar-refractivity contribution in [3.8, 4) is 5.75 Å². The third-order valence-electron chi connectivity index (χ3n) is 3.00. The molecular weight excluding hydrogens is 266 g/mol. The van der Waals surface area contributed by atoms with Gasteiger partial charge in [0.05, 0.1) is 5.56 Å². The summed E-state index contributed by atoms with van der Waals surface area (Å²) in [5, 5.41) is 12.7. The fourth-order valence-electron chi connectivity index (χ4n) is 1.70. The molecule has 0 radical (unpaired) electrons. The second kappa shape index (κ2) is 6.78. The first-order valence-electron chi connectivity index (χ1n) is 6.51. The maximum absolute atomic E-state index is 11.8. The van der Waals surface area contributed by atoms with E-state index in [9.17, 15) is 9.90 Å². The first-order valence-corrected chi connectivity index (χ1v) is 6.89. The second-order valence-electron chi connectivity index (χ2n) is 4.79. The third kappa shape index (κ3) is 4.73. The lowest BCUT2D eigenvalue weighted by Crippen LogP contribution is -2.25. The van der Waals surface area contributed by atoms with Gasteiger partial charge in [-0.2, -0.15) is 0 Å². The highest BCUT2D eigenvalue weighted by Crippen LogP contribution is 2.28. The molecule has 0 unspecified atom stereocenters. The van der Waals surface area contributed by atoms with Crippen molar-refractivity contribution < 1.29 is 14.6 Å². The van der Waals surface area contributed by atoms with Crippen LogP contribution in [0.4, 0.5) is 0 Å². The summed E-state index contributed by atoms with van der Waals surface area (Å²) in [6.07, 6.45) is 3.33. The van der Waals surface area contributed by atoms with Gasteiger partial charge < -0.3 is 15.2 Å². The lowest BCUT2D eigenvalue weighted by molar-refractivity contribution is 0.0935. The standard InChI is InChI=1S/C14H18ClNO3/c15-11-4-5-13(17)12(8-11)14(18)16-6-1-7-19-9-10-2-3-10/h4-5,8,10,17H,1-3,6-7,9H2,(H,16,18). The van der Waals surface area contributed by atoms with Crippen molar-refractivity contribution >= 4 is 17.5 Å². The molecule has 0 saturated heterocycles. The monoisotopic (exact) mass is 283 g/mol. The van der Waals surface area contributed by atoms with Crippen LogP contribution in [0.25, 0.3) is 0 Å². The summed E-state index contributed by atoms with van der Waals surface area (Å²) >= 11 is 5.79. The molecule has 0 spiro atoms. The van der Waals surface area contributed by atoms with Crippen molar-refractivity contribution in [1.82, 2.24) is 5.32 Å². The molecule has 1 aliphatic rings. The molecule has 0 aromatic heterocycles. The molecule has 0 bridgehead atoms. The number of ether oxygens (including phenoxy) is 1. The van der Waals surface area contributed by atoms with Crippen molar-refractivity contribution in [3.05, 3.63) is 28.8 Å². The van der Waals surface area contributed by atoms with Gasteiger partial charge in [0.25, 0.3) is 5.91 Å². The van der Waals surface area contributed by atoms with E-state index in [1.807, 2.05) is 0 Å². The number of phenolic OH excluding ortho intramolecular Hbond substituents is 1. The number of carbonyl (C=O) groups is 1. The Hall–Kier alpha value is -1.26. The van der Waals surface area contributed by atoms with Gasteiger partial charge in [0.2, 0.25) is 0 Å². The number of rotatable bonds is 7. The number of benzene rings is 1. The largest absolute Gasteiger partial charge is 0.507 e. The molecule has 1 fully saturated rings. The van der Waals surface area contributed by atoms with Crippen LogP contribution in [0.2, 0.25) is 5.02 Å². The van der Waals surface area contributed by atoms with Crippen LogP contribution in [0.15, 0.2) is 18.2 Å². The van der Waals surface area contributed by atoms with Gasteiger partial charge in [0.1, 0.15) is 5.75 Å². The van der Waals surface area contributed by atoms with Gasteiger partial charge in [-0.3, -0.25) is 4.79 Å². The number of halogens is 1. The van der Waals surface area contributed by atoms with Crippen molar-refractivity contribution in [1.29, 1.82) is 0 Å². The molecule has 19 heavy (non-hydrogen) atoms. The van der Waals surface area contributed by atoms with Crippen LogP contribution in [0.5, 0.6) is 5.75 Å². The lowest BCUT2D eigenvalue weighted by Gasteiger charge is -2.07. The molecular formula is C14H18ClNO3. The summed E-state index contributed by atoms with van der Waals surface area (Å²) in [7, 11) is 0. The quantitative estimate of drug-likeness (QED) is 0.756. The molecule has 2 N–H and O–H groups in total. The van der Waals surface area contributed by atoms with Gasteiger partial charge in [0, 0.05) is 24.8 Å². The summed E-state index contributed by atoms with van der Waals surface area (Å²) in [6.45, 7) is 2.01. The van der Waals surface area contributed by atoms with Gasteiger partial charge in [-0.25, -0.2) is 0 Å². The van der Waals surface area contributed by atoms with Crippen LogP contribution < -0.4 is 5.32 Å². The molecule has 1 saturated carbocycles. The second-order valence-corrected chi connectivity index (χ2v) is 5.23. The highest BCUT2D eigenvalue weighted by molar-refractivity contribution is 6.31. The van der Waals surface area contributed by atoms with E-state index >= 15 is 0 Å². The van der Waals surface area contributed by atoms with Crippen LogP contribution in [-0.2, 0) is 4.74 Å². The van der Waals surface area contributed by atoms with Gasteiger partial charge in [-0.15, -0.1) is 0 Å². The normalized spacial score (nSPS) is 14.4. The molecule has 2 rings (SSSR count).